The third-order valence-electron chi connectivity index (χ3n) is 4.56. The zero-order valence-electron chi connectivity index (χ0n) is 17.8. The van der Waals surface area contributed by atoms with E-state index in [0.717, 1.165) is 23.8 Å². The number of para-hydroxylation sites is 1. The summed E-state index contributed by atoms with van der Waals surface area (Å²) >= 11 is 0. The lowest BCUT2D eigenvalue weighted by Crippen LogP contribution is -2.39. The average Bonchev–Trinajstić information content (AvgIpc) is 3.25. The fraction of sp³-hybridized carbons (Fsp3) is 0.261. The van der Waals surface area contributed by atoms with Gasteiger partial charge in [-0.15, -0.1) is 0 Å². The first kappa shape index (κ1) is 21.9. The summed E-state index contributed by atoms with van der Waals surface area (Å²) in [7, 11) is 1.97. The molecule has 0 unspecified atom stereocenters. The van der Waals surface area contributed by atoms with Gasteiger partial charge in [0.15, 0.2) is 5.96 Å². The molecule has 0 atom stereocenters. The SMILES string of the molecule is CCNC(=NCCNC(=O)c1ccc(O)cc1)N(C)Cc1cnn(-c2ccccc2)c1. The van der Waals surface area contributed by atoms with Crippen LogP contribution in [0.25, 0.3) is 5.69 Å². The lowest BCUT2D eigenvalue weighted by atomic mass is 10.2. The second-order valence-corrected chi connectivity index (χ2v) is 7.02. The standard InChI is InChI=1S/C23H28N6O2/c1-3-24-23(26-14-13-25-22(31)19-9-11-21(30)12-10-19)28(2)16-18-15-27-29(17-18)20-7-5-4-6-8-20/h4-12,15,17,30H,3,13-14,16H2,1-2H3,(H,24,26)(H,25,31). The van der Waals surface area contributed by atoms with Gasteiger partial charge in [-0.25, -0.2) is 4.68 Å². The number of aromatic hydroxyl groups is 1. The Kier molecular flexibility index (Phi) is 7.64. The summed E-state index contributed by atoms with van der Waals surface area (Å²) in [6.45, 7) is 4.27. The maximum absolute atomic E-state index is 12.1. The molecule has 8 heteroatoms. The molecule has 1 heterocycles. The van der Waals surface area contributed by atoms with Gasteiger partial charge < -0.3 is 20.6 Å². The van der Waals surface area contributed by atoms with E-state index in [1.165, 1.54) is 12.1 Å². The Morgan fingerprint density at radius 1 is 1.13 bits per heavy atom. The van der Waals surface area contributed by atoms with Crippen LogP contribution in [0.5, 0.6) is 5.75 Å². The van der Waals surface area contributed by atoms with Crippen LogP contribution in [0.3, 0.4) is 0 Å². The second kappa shape index (κ2) is 10.8. The number of phenols is 1. The van der Waals surface area contributed by atoms with Crippen molar-refractivity contribution in [2.75, 3.05) is 26.7 Å². The van der Waals surface area contributed by atoms with E-state index in [9.17, 15) is 9.90 Å². The number of nitrogens with one attached hydrogen (secondary N) is 2. The molecular formula is C23H28N6O2. The first-order valence-corrected chi connectivity index (χ1v) is 10.2. The van der Waals surface area contributed by atoms with Gasteiger partial charge in [-0.05, 0) is 43.3 Å². The molecule has 2 aromatic carbocycles. The molecule has 162 valence electrons. The number of hydrogen-bond acceptors (Lipinski definition) is 4. The van der Waals surface area contributed by atoms with Gasteiger partial charge in [0.1, 0.15) is 5.75 Å². The van der Waals surface area contributed by atoms with Crippen molar-refractivity contribution in [3.05, 3.63) is 78.1 Å². The zero-order chi connectivity index (χ0) is 22.1. The smallest absolute Gasteiger partial charge is 0.251 e. The number of aliphatic imine (C=N–C) groups is 1. The normalized spacial score (nSPS) is 11.2. The van der Waals surface area contributed by atoms with E-state index < -0.39 is 0 Å². The van der Waals surface area contributed by atoms with Gasteiger partial charge in [0, 0.05) is 44.0 Å². The van der Waals surface area contributed by atoms with Gasteiger partial charge in [0.25, 0.3) is 5.91 Å². The number of carbonyl (C=O) groups is 1. The Labute approximate surface area is 182 Å². The molecule has 0 radical (unpaired) electrons. The molecule has 0 bridgehead atoms. The van der Waals surface area contributed by atoms with Crippen molar-refractivity contribution in [2.45, 2.75) is 13.5 Å². The quantitative estimate of drug-likeness (QED) is 0.296. The summed E-state index contributed by atoms with van der Waals surface area (Å²) in [6.07, 6.45) is 3.86. The molecule has 0 aliphatic heterocycles. The number of rotatable bonds is 8. The van der Waals surface area contributed by atoms with Crippen molar-refractivity contribution >= 4 is 11.9 Å². The minimum absolute atomic E-state index is 0.133. The molecule has 0 saturated heterocycles. The number of benzene rings is 2. The summed E-state index contributed by atoms with van der Waals surface area (Å²) in [4.78, 5) is 18.8. The van der Waals surface area contributed by atoms with Crippen molar-refractivity contribution in [3.63, 3.8) is 0 Å². The highest BCUT2D eigenvalue weighted by molar-refractivity contribution is 5.94. The van der Waals surface area contributed by atoms with Crippen molar-refractivity contribution < 1.29 is 9.90 Å². The Morgan fingerprint density at radius 3 is 2.58 bits per heavy atom. The predicted molar refractivity (Wildman–Crippen MR) is 121 cm³/mol. The van der Waals surface area contributed by atoms with Gasteiger partial charge in [-0.1, -0.05) is 18.2 Å². The number of guanidine groups is 1. The van der Waals surface area contributed by atoms with Gasteiger partial charge >= 0.3 is 0 Å². The number of phenolic OH excluding ortho intramolecular Hbond substituents is 1. The third-order valence-corrected chi connectivity index (χ3v) is 4.56. The lowest BCUT2D eigenvalue weighted by molar-refractivity contribution is 0.0955. The number of hydrogen-bond donors (Lipinski definition) is 3. The Hall–Kier alpha value is -3.81. The second-order valence-electron chi connectivity index (χ2n) is 7.02. The zero-order valence-corrected chi connectivity index (χ0v) is 17.8. The van der Waals surface area contributed by atoms with Gasteiger partial charge in [-0.3, -0.25) is 9.79 Å². The summed E-state index contributed by atoms with van der Waals surface area (Å²) in [5.74, 6) is 0.699. The van der Waals surface area contributed by atoms with Crippen LogP contribution in [0.15, 0.2) is 72.0 Å². The molecule has 3 aromatic rings. The van der Waals surface area contributed by atoms with Crippen LogP contribution in [0.4, 0.5) is 0 Å². The summed E-state index contributed by atoms with van der Waals surface area (Å²) in [5.41, 5.74) is 2.58. The van der Waals surface area contributed by atoms with Crippen LogP contribution in [-0.2, 0) is 6.54 Å². The number of amides is 1. The van der Waals surface area contributed by atoms with Crippen LogP contribution in [0.2, 0.25) is 0 Å². The Bertz CT molecular complexity index is 998. The number of nitrogens with zero attached hydrogens (tertiary/aromatic N) is 4. The molecule has 8 nitrogen and oxygen atoms in total. The maximum Gasteiger partial charge on any atom is 0.251 e. The molecule has 1 amide bonds. The molecule has 0 spiro atoms. The predicted octanol–water partition coefficient (Wildman–Crippen LogP) is 2.41. The first-order valence-electron chi connectivity index (χ1n) is 10.2. The van der Waals surface area contributed by atoms with E-state index >= 15 is 0 Å². The molecule has 0 aliphatic rings. The third kappa shape index (κ3) is 6.33. The van der Waals surface area contributed by atoms with E-state index in [-0.39, 0.29) is 11.7 Å². The minimum Gasteiger partial charge on any atom is -0.508 e. The van der Waals surface area contributed by atoms with E-state index in [0.29, 0.717) is 25.2 Å². The molecule has 3 N–H and O–H groups in total. The summed E-state index contributed by atoms with van der Waals surface area (Å²) in [6, 6.07) is 16.1. The highest BCUT2D eigenvalue weighted by Crippen LogP contribution is 2.10. The van der Waals surface area contributed by atoms with Gasteiger partial charge in [0.2, 0.25) is 0 Å². The number of aromatic nitrogens is 2. The largest absolute Gasteiger partial charge is 0.508 e. The monoisotopic (exact) mass is 420 g/mol. The minimum atomic E-state index is -0.193. The van der Waals surface area contributed by atoms with Crippen molar-refractivity contribution in [2.24, 2.45) is 4.99 Å². The first-order chi connectivity index (χ1) is 15.1. The van der Waals surface area contributed by atoms with Crippen molar-refractivity contribution in [1.82, 2.24) is 25.3 Å². The molecule has 3 rings (SSSR count). The highest BCUT2D eigenvalue weighted by atomic mass is 16.3. The number of carbonyl (C=O) groups excluding carboxylic acids is 1. The molecule has 31 heavy (non-hydrogen) atoms. The van der Waals surface area contributed by atoms with Crippen LogP contribution < -0.4 is 10.6 Å². The average molecular weight is 421 g/mol. The van der Waals surface area contributed by atoms with E-state index in [1.807, 2.05) is 66.3 Å². The van der Waals surface area contributed by atoms with Crippen molar-refractivity contribution in [1.29, 1.82) is 0 Å². The van der Waals surface area contributed by atoms with Gasteiger partial charge in [-0.2, -0.15) is 5.10 Å². The van der Waals surface area contributed by atoms with Crippen LogP contribution in [0, 0.1) is 0 Å². The molecular weight excluding hydrogens is 392 g/mol. The molecule has 0 fully saturated rings. The summed E-state index contributed by atoms with van der Waals surface area (Å²) in [5, 5.41) is 19.9. The van der Waals surface area contributed by atoms with E-state index in [1.54, 1.807) is 12.1 Å². The summed E-state index contributed by atoms with van der Waals surface area (Å²) < 4.78 is 1.85. The van der Waals surface area contributed by atoms with Gasteiger partial charge in [0.05, 0.1) is 18.4 Å². The lowest BCUT2D eigenvalue weighted by Gasteiger charge is -2.21. The fourth-order valence-corrected chi connectivity index (χ4v) is 3.03. The highest BCUT2D eigenvalue weighted by Gasteiger charge is 2.09. The van der Waals surface area contributed by atoms with Crippen molar-refractivity contribution in [3.8, 4) is 11.4 Å². The Morgan fingerprint density at radius 2 is 1.87 bits per heavy atom. The molecule has 0 aliphatic carbocycles. The molecule has 1 aromatic heterocycles. The van der Waals surface area contributed by atoms with Crippen LogP contribution in [-0.4, -0.2) is 58.3 Å². The Balaban J connectivity index is 1.54. The van der Waals surface area contributed by atoms with Crippen LogP contribution in [0.1, 0.15) is 22.8 Å². The molecule has 0 saturated carbocycles. The van der Waals surface area contributed by atoms with E-state index in [2.05, 4.69) is 20.7 Å². The maximum atomic E-state index is 12.1. The van der Waals surface area contributed by atoms with Crippen LogP contribution >= 0.6 is 0 Å². The van der Waals surface area contributed by atoms with E-state index in [4.69, 9.17) is 0 Å². The fourth-order valence-electron chi connectivity index (χ4n) is 3.03. The topological polar surface area (TPSA) is 94.8 Å².